The number of rotatable bonds is 4. The SMILES string of the molecule is C=CCOc1ccccc1C(=O)N1CCC2(CC1)CNC(=O)C2. The van der Waals surface area contributed by atoms with Crippen LogP contribution in [0.5, 0.6) is 5.75 Å². The highest BCUT2D eigenvalue weighted by molar-refractivity contribution is 5.97. The molecule has 1 spiro atoms. The number of para-hydroxylation sites is 1. The quantitative estimate of drug-likeness (QED) is 0.865. The van der Waals surface area contributed by atoms with Crippen molar-refractivity contribution in [3.8, 4) is 5.75 Å². The molecular formula is C18H22N2O3. The highest BCUT2D eigenvalue weighted by atomic mass is 16.5. The van der Waals surface area contributed by atoms with Crippen molar-refractivity contribution in [2.75, 3.05) is 26.2 Å². The Kier molecular flexibility index (Phi) is 4.37. The number of nitrogens with zero attached hydrogens (tertiary/aromatic N) is 1. The third kappa shape index (κ3) is 3.23. The number of piperidine rings is 1. The summed E-state index contributed by atoms with van der Waals surface area (Å²) in [5.74, 6) is 0.722. The van der Waals surface area contributed by atoms with E-state index >= 15 is 0 Å². The summed E-state index contributed by atoms with van der Waals surface area (Å²) >= 11 is 0. The Balaban J connectivity index is 1.68. The number of hydrogen-bond donors (Lipinski definition) is 1. The average Bonchev–Trinajstić information content (AvgIpc) is 2.94. The van der Waals surface area contributed by atoms with Crippen LogP contribution >= 0.6 is 0 Å². The Morgan fingerprint density at radius 3 is 2.74 bits per heavy atom. The Morgan fingerprint density at radius 1 is 1.35 bits per heavy atom. The van der Waals surface area contributed by atoms with E-state index in [0.717, 1.165) is 19.4 Å². The van der Waals surface area contributed by atoms with Crippen LogP contribution in [-0.2, 0) is 4.79 Å². The van der Waals surface area contributed by atoms with Crippen molar-refractivity contribution >= 4 is 11.8 Å². The van der Waals surface area contributed by atoms with Crippen molar-refractivity contribution in [1.82, 2.24) is 10.2 Å². The number of nitrogens with one attached hydrogen (secondary N) is 1. The molecule has 0 radical (unpaired) electrons. The van der Waals surface area contributed by atoms with Crippen LogP contribution in [0.1, 0.15) is 29.6 Å². The summed E-state index contributed by atoms with van der Waals surface area (Å²) in [4.78, 5) is 26.1. The van der Waals surface area contributed by atoms with Crippen LogP contribution in [-0.4, -0.2) is 43.0 Å². The minimum Gasteiger partial charge on any atom is -0.489 e. The summed E-state index contributed by atoms with van der Waals surface area (Å²) in [6.07, 6.45) is 3.99. The number of hydrogen-bond acceptors (Lipinski definition) is 3. The van der Waals surface area contributed by atoms with Gasteiger partial charge in [0.2, 0.25) is 5.91 Å². The molecule has 5 heteroatoms. The second kappa shape index (κ2) is 6.44. The van der Waals surface area contributed by atoms with Gasteiger partial charge in [-0.15, -0.1) is 0 Å². The van der Waals surface area contributed by atoms with Crippen LogP contribution in [0.2, 0.25) is 0 Å². The van der Waals surface area contributed by atoms with E-state index in [-0.39, 0.29) is 17.2 Å². The van der Waals surface area contributed by atoms with Gasteiger partial charge in [-0.2, -0.15) is 0 Å². The lowest BCUT2D eigenvalue weighted by atomic mass is 9.77. The molecule has 0 unspecified atom stereocenters. The summed E-state index contributed by atoms with van der Waals surface area (Å²) < 4.78 is 5.59. The second-order valence-corrected chi connectivity index (χ2v) is 6.34. The van der Waals surface area contributed by atoms with E-state index in [2.05, 4.69) is 11.9 Å². The van der Waals surface area contributed by atoms with E-state index in [9.17, 15) is 9.59 Å². The number of benzene rings is 1. The van der Waals surface area contributed by atoms with Crippen molar-refractivity contribution in [3.63, 3.8) is 0 Å². The molecule has 1 aromatic carbocycles. The van der Waals surface area contributed by atoms with Gasteiger partial charge in [0.25, 0.3) is 5.91 Å². The van der Waals surface area contributed by atoms with E-state index in [1.165, 1.54) is 0 Å². The molecule has 3 rings (SSSR count). The van der Waals surface area contributed by atoms with Gasteiger partial charge >= 0.3 is 0 Å². The summed E-state index contributed by atoms with van der Waals surface area (Å²) in [6, 6.07) is 7.31. The van der Waals surface area contributed by atoms with Crippen molar-refractivity contribution in [1.29, 1.82) is 0 Å². The summed E-state index contributed by atoms with van der Waals surface area (Å²) in [5, 5.41) is 2.92. The molecule has 2 amide bonds. The molecule has 23 heavy (non-hydrogen) atoms. The van der Waals surface area contributed by atoms with Crippen molar-refractivity contribution < 1.29 is 14.3 Å². The maximum absolute atomic E-state index is 12.8. The monoisotopic (exact) mass is 314 g/mol. The first-order valence-corrected chi connectivity index (χ1v) is 8.02. The van der Waals surface area contributed by atoms with E-state index < -0.39 is 0 Å². The third-order valence-electron chi connectivity index (χ3n) is 4.78. The molecule has 5 nitrogen and oxygen atoms in total. The highest BCUT2D eigenvalue weighted by Gasteiger charge is 2.41. The van der Waals surface area contributed by atoms with Crippen LogP contribution in [0.25, 0.3) is 0 Å². The van der Waals surface area contributed by atoms with Gasteiger partial charge < -0.3 is 15.0 Å². The molecule has 1 N–H and O–H groups in total. The molecule has 2 aliphatic rings. The largest absolute Gasteiger partial charge is 0.489 e. The fourth-order valence-corrected chi connectivity index (χ4v) is 3.38. The van der Waals surface area contributed by atoms with Crippen molar-refractivity contribution in [2.45, 2.75) is 19.3 Å². The van der Waals surface area contributed by atoms with E-state index in [4.69, 9.17) is 4.74 Å². The molecular weight excluding hydrogens is 292 g/mol. The van der Waals surface area contributed by atoms with Gasteiger partial charge in [0.1, 0.15) is 12.4 Å². The third-order valence-corrected chi connectivity index (χ3v) is 4.78. The average molecular weight is 314 g/mol. The smallest absolute Gasteiger partial charge is 0.257 e. The normalized spacial score (nSPS) is 19.5. The molecule has 1 aromatic rings. The Hall–Kier alpha value is -2.30. The van der Waals surface area contributed by atoms with Gasteiger partial charge in [0, 0.05) is 26.1 Å². The standard InChI is InChI=1S/C18H22N2O3/c1-2-11-23-15-6-4-3-5-14(15)17(22)20-9-7-18(8-10-20)12-16(21)19-13-18/h2-6H,1,7-13H2,(H,19,21). The van der Waals surface area contributed by atoms with Crippen LogP contribution in [0.4, 0.5) is 0 Å². The minimum absolute atomic E-state index is 0.00297. The van der Waals surface area contributed by atoms with Gasteiger partial charge in [-0.05, 0) is 30.4 Å². The van der Waals surface area contributed by atoms with Crippen LogP contribution in [0.3, 0.4) is 0 Å². The van der Waals surface area contributed by atoms with Gasteiger partial charge in [-0.1, -0.05) is 24.8 Å². The Labute approximate surface area is 136 Å². The molecule has 0 bridgehead atoms. The first kappa shape index (κ1) is 15.6. The zero-order chi connectivity index (χ0) is 16.3. The topological polar surface area (TPSA) is 58.6 Å². The molecule has 0 aliphatic carbocycles. The first-order valence-electron chi connectivity index (χ1n) is 8.02. The lowest BCUT2D eigenvalue weighted by Gasteiger charge is -2.38. The molecule has 2 fully saturated rings. The molecule has 2 aliphatic heterocycles. The van der Waals surface area contributed by atoms with Crippen molar-refractivity contribution in [2.24, 2.45) is 5.41 Å². The molecule has 2 saturated heterocycles. The Bertz CT molecular complexity index is 618. The number of likely N-dealkylation sites (tertiary alicyclic amines) is 1. The van der Waals surface area contributed by atoms with Crippen LogP contribution < -0.4 is 10.1 Å². The fourth-order valence-electron chi connectivity index (χ4n) is 3.38. The molecule has 122 valence electrons. The number of ether oxygens (including phenoxy) is 1. The minimum atomic E-state index is -0.00297. The maximum atomic E-state index is 12.8. The van der Waals surface area contributed by atoms with E-state index in [0.29, 0.717) is 37.4 Å². The number of carbonyl (C=O) groups excluding carboxylic acids is 2. The van der Waals surface area contributed by atoms with Crippen LogP contribution in [0.15, 0.2) is 36.9 Å². The van der Waals surface area contributed by atoms with E-state index in [1.807, 2.05) is 23.1 Å². The summed E-state index contributed by atoms with van der Waals surface area (Å²) in [7, 11) is 0. The number of amides is 2. The highest BCUT2D eigenvalue weighted by Crippen LogP contribution is 2.38. The second-order valence-electron chi connectivity index (χ2n) is 6.34. The predicted octanol–water partition coefficient (Wildman–Crippen LogP) is 1.99. The predicted molar refractivity (Wildman–Crippen MR) is 87.3 cm³/mol. The van der Waals surface area contributed by atoms with Crippen molar-refractivity contribution in [3.05, 3.63) is 42.5 Å². The molecule has 0 atom stereocenters. The maximum Gasteiger partial charge on any atom is 0.257 e. The zero-order valence-corrected chi connectivity index (χ0v) is 13.2. The van der Waals surface area contributed by atoms with Gasteiger partial charge in [0.05, 0.1) is 5.56 Å². The Morgan fingerprint density at radius 2 is 2.09 bits per heavy atom. The first-order chi connectivity index (χ1) is 11.1. The van der Waals surface area contributed by atoms with Gasteiger partial charge in [-0.3, -0.25) is 9.59 Å². The van der Waals surface area contributed by atoms with Gasteiger partial charge in [-0.25, -0.2) is 0 Å². The van der Waals surface area contributed by atoms with E-state index in [1.54, 1.807) is 12.1 Å². The summed E-state index contributed by atoms with van der Waals surface area (Å²) in [6.45, 7) is 6.12. The molecule has 0 saturated carbocycles. The lowest BCUT2D eigenvalue weighted by Crippen LogP contribution is -2.44. The summed E-state index contributed by atoms with van der Waals surface area (Å²) in [5.41, 5.74) is 0.637. The molecule has 2 heterocycles. The van der Waals surface area contributed by atoms with Gasteiger partial charge in [0.15, 0.2) is 0 Å². The lowest BCUT2D eigenvalue weighted by molar-refractivity contribution is -0.119. The fraction of sp³-hybridized carbons (Fsp3) is 0.444. The number of carbonyl (C=O) groups is 2. The zero-order valence-electron chi connectivity index (χ0n) is 13.2. The molecule has 0 aromatic heterocycles. The van der Waals surface area contributed by atoms with Crippen LogP contribution in [0, 0.1) is 5.41 Å².